The summed E-state index contributed by atoms with van der Waals surface area (Å²) in [6.45, 7) is 1.69. The molecule has 0 aromatic carbocycles. The van der Waals surface area contributed by atoms with Crippen molar-refractivity contribution in [2.24, 2.45) is 0 Å². The van der Waals surface area contributed by atoms with Crippen molar-refractivity contribution in [3.05, 3.63) is 12.7 Å². The molecule has 0 spiro atoms. The van der Waals surface area contributed by atoms with Crippen LogP contribution in [0.3, 0.4) is 0 Å². The molecule has 1 unspecified atom stereocenters. The maximum Gasteiger partial charge on any atom is 0.138 e. The van der Waals surface area contributed by atoms with Crippen molar-refractivity contribution in [2.45, 2.75) is 19.4 Å². The lowest BCUT2D eigenvalue weighted by atomic mass is 10.3. The van der Waals surface area contributed by atoms with Gasteiger partial charge in [-0.2, -0.15) is 4.68 Å². The van der Waals surface area contributed by atoms with Crippen LogP contribution < -0.4 is 0 Å². The summed E-state index contributed by atoms with van der Waals surface area (Å²) in [7, 11) is 0. The van der Waals surface area contributed by atoms with Crippen molar-refractivity contribution in [1.82, 2.24) is 14.8 Å². The Hall–Kier alpha value is -1.34. The molecule has 11 heavy (non-hydrogen) atoms. The summed E-state index contributed by atoms with van der Waals surface area (Å²) in [5.41, 5.74) is 0. The van der Waals surface area contributed by atoms with E-state index in [0.717, 1.165) is 0 Å². The Balaban J connectivity index is 2.46. The van der Waals surface area contributed by atoms with Crippen LogP contribution in [0.1, 0.15) is 13.3 Å². The zero-order chi connectivity index (χ0) is 8.10. The SMILES string of the molecule is CC(O)CC#Cn1cncn1. The van der Waals surface area contributed by atoms with Crippen molar-refractivity contribution in [2.75, 3.05) is 0 Å². The molecule has 0 saturated heterocycles. The van der Waals surface area contributed by atoms with E-state index in [1.165, 1.54) is 17.3 Å². The van der Waals surface area contributed by atoms with Crippen LogP contribution in [-0.4, -0.2) is 26.0 Å². The van der Waals surface area contributed by atoms with Crippen LogP contribution >= 0.6 is 0 Å². The normalized spacial score (nSPS) is 11.8. The molecule has 4 nitrogen and oxygen atoms in total. The first kappa shape index (κ1) is 7.76. The summed E-state index contributed by atoms with van der Waals surface area (Å²) in [5.74, 6) is 2.75. The van der Waals surface area contributed by atoms with Crippen LogP contribution in [0.2, 0.25) is 0 Å². The lowest BCUT2D eigenvalue weighted by Crippen LogP contribution is -1.96. The quantitative estimate of drug-likeness (QED) is 0.568. The molecule has 0 aliphatic rings. The number of aromatic nitrogens is 3. The minimum Gasteiger partial charge on any atom is -0.392 e. The highest BCUT2D eigenvalue weighted by molar-refractivity contribution is 4.99. The van der Waals surface area contributed by atoms with Crippen molar-refractivity contribution < 1.29 is 5.11 Å². The maximum absolute atomic E-state index is 8.83. The van der Waals surface area contributed by atoms with E-state index in [1.807, 2.05) is 0 Å². The summed E-state index contributed by atoms with van der Waals surface area (Å²) in [4.78, 5) is 3.71. The van der Waals surface area contributed by atoms with Gasteiger partial charge in [0.2, 0.25) is 0 Å². The van der Waals surface area contributed by atoms with E-state index in [0.29, 0.717) is 6.42 Å². The smallest absolute Gasteiger partial charge is 0.138 e. The minimum atomic E-state index is -0.383. The summed E-state index contributed by atoms with van der Waals surface area (Å²) in [5, 5.41) is 12.6. The van der Waals surface area contributed by atoms with Gasteiger partial charge in [0.1, 0.15) is 12.7 Å². The van der Waals surface area contributed by atoms with E-state index in [9.17, 15) is 0 Å². The summed E-state index contributed by atoms with van der Waals surface area (Å²) >= 11 is 0. The summed E-state index contributed by atoms with van der Waals surface area (Å²) in [6, 6.07) is 2.69. The van der Waals surface area contributed by atoms with E-state index < -0.39 is 0 Å². The molecule has 1 heterocycles. The van der Waals surface area contributed by atoms with Crippen LogP contribution in [0.15, 0.2) is 12.7 Å². The number of rotatable bonds is 1. The summed E-state index contributed by atoms with van der Waals surface area (Å²) in [6.07, 6.45) is 3.00. The number of aliphatic hydroxyl groups excluding tert-OH is 1. The van der Waals surface area contributed by atoms with Crippen LogP contribution in [0.4, 0.5) is 0 Å². The van der Waals surface area contributed by atoms with E-state index in [4.69, 9.17) is 5.11 Å². The topological polar surface area (TPSA) is 50.9 Å². The molecule has 4 heteroatoms. The molecule has 0 amide bonds. The fraction of sp³-hybridized carbons (Fsp3) is 0.429. The average molecular weight is 151 g/mol. The van der Waals surface area contributed by atoms with Gasteiger partial charge in [-0.1, -0.05) is 5.92 Å². The molecule has 0 saturated carbocycles. The predicted octanol–water partition coefficient (Wildman–Crippen LogP) is -0.142. The van der Waals surface area contributed by atoms with Gasteiger partial charge < -0.3 is 5.11 Å². The molecule has 58 valence electrons. The van der Waals surface area contributed by atoms with Gasteiger partial charge in [-0.05, 0) is 6.92 Å². The van der Waals surface area contributed by atoms with Gasteiger partial charge in [0.25, 0.3) is 0 Å². The van der Waals surface area contributed by atoms with Crippen LogP contribution in [0.5, 0.6) is 0 Å². The second-order valence-corrected chi connectivity index (χ2v) is 2.18. The number of aliphatic hydroxyl groups is 1. The lowest BCUT2D eigenvalue weighted by Gasteiger charge is -1.91. The third-order valence-electron chi connectivity index (χ3n) is 1.01. The van der Waals surface area contributed by atoms with Crippen LogP contribution in [0, 0.1) is 12.0 Å². The number of hydrogen-bond donors (Lipinski definition) is 1. The van der Waals surface area contributed by atoms with Crippen molar-refractivity contribution in [3.63, 3.8) is 0 Å². The first-order valence-corrected chi connectivity index (χ1v) is 3.30. The molecular weight excluding hydrogens is 142 g/mol. The fourth-order valence-electron chi connectivity index (χ4n) is 0.540. The standard InChI is InChI=1S/C7H9N3O/c1-7(11)3-2-4-10-6-8-5-9-10/h5-7,11H,3H2,1H3. The second-order valence-electron chi connectivity index (χ2n) is 2.18. The molecule has 1 N–H and O–H groups in total. The zero-order valence-electron chi connectivity index (χ0n) is 6.23. The summed E-state index contributed by atoms with van der Waals surface area (Å²) < 4.78 is 1.41. The maximum atomic E-state index is 8.83. The van der Waals surface area contributed by atoms with Gasteiger partial charge >= 0.3 is 0 Å². The molecule has 0 fully saturated rings. The van der Waals surface area contributed by atoms with Gasteiger partial charge in [0, 0.05) is 12.5 Å². The van der Waals surface area contributed by atoms with E-state index in [1.54, 1.807) is 6.92 Å². The third kappa shape index (κ3) is 2.83. The molecule has 0 bridgehead atoms. The molecule has 1 rings (SSSR count). The van der Waals surface area contributed by atoms with E-state index >= 15 is 0 Å². The monoisotopic (exact) mass is 151 g/mol. The molecule has 1 atom stereocenters. The first-order chi connectivity index (χ1) is 5.29. The lowest BCUT2D eigenvalue weighted by molar-refractivity contribution is 0.201. The van der Waals surface area contributed by atoms with Gasteiger partial charge in [-0.15, -0.1) is 5.10 Å². The Morgan fingerprint density at radius 3 is 3.09 bits per heavy atom. The van der Waals surface area contributed by atoms with Crippen molar-refractivity contribution in [3.8, 4) is 12.0 Å². The highest BCUT2D eigenvalue weighted by atomic mass is 16.3. The number of nitrogens with zero attached hydrogens (tertiary/aromatic N) is 3. The molecule has 1 aromatic rings. The molecular formula is C7H9N3O. The van der Waals surface area contributed by atoms with Gasteiger partial charge in [0.05, 0.1) is 6.10 Å². The highest BCUT2D eigenvalue weighted by Gasteiger charge is 1.88. The van der Waals surface area contributed by atoms with Crippen molar-refractivity contribution in [1.29, 1.82) is 0 Å². The van der Waals surface area contributed by atoms with Crippen LogP contribution in [-0.2, 0) is 0 Å². The van der Waals surface area contributed by atoms with Gasteiger partial charge in [-0.25, -0.2) is 4.98 Å². The largest absolute Gasteiger partial charge is 0.392 e. The average Bonchev–Trinajstić information content (AvgIpc) is 2.39. The Kier molecular flexibility index (Phi) is 2.64. The van der Waals surface area contributed by atoms with Crippen molar-refractivity contribution >= 4 is 0 Å². The zero-order valence-corrected chi connectivity index (χ0v) is 6.23. The number of hydrogen-bond acceptors (Lipinski definition) is 3. The van der Waals surface area contributed by atoms with E-state index in [-0.39, 0.29) is 6.10 Å². The Morgan fingerprint density at radius 1 is 1.73 bits per heavy atom. The minimum absolute atomic E-state index is 0.383. The Morgan fingerprint density at radius 2 is 2.55 bits per heavy atom. The van der Waals surface area contributed by atoms with Crippen LogP contribution in [0.25, 0.3) is 0 Å². The highest BCUT2D eigenvalue weighted by Crippen LogP contribution is 1.84. The molecule has 0 aliphatic carbocycles. The molecule has 0 radical (unpaired) electrons. The van der Waals surface area contributed by atoms with E-state index in [2.05, 4.69) is 22.0 Å². The Bertz CT molecular complexity index is 255. The predicted molar refractivity (Wildman–Crippen MR) is 39.5 cm³/mol. The molecule has 0 aliphatic heterocycles. The first-order valence-electron chi connectivity index (χ1n) is 3.30. The molecule has 1 aromatic heterocycles. The fourth-order valence-corrected chi connectivity index (χ4v) is 0.540. The third-order valence-corrected chi connectivity index (χ3v) is 1.01. The second kappa shape index (κ2) is 3.74. The van der Waals surface area contributed by atoms with Gasteiger partial charge in [0.15, 0.2) is 0 Å². The van der Waals surface area contributed by atoms with Gasteiger partial charge in [-0.3, -0.25) is 0 Å². The Labute approximate surface area is 64.9 Å².